The number of rotatable bonds is 5. The highest BCUT2D eigenvalue weighted by Gasteiger charge is 2.15. The lowest BCUT2D eigenvalue weighted by Gasteiger charge is -2.13. The number of anilines is 1. The van der Waals surface area contributed by atoms with E-state index in [1.54, 1.807) is 24.5 Å². The molecule has 0 radical (unpaired) electrons. The van der Waals surface area contributed by atoms with Crippen molar-refractivity contribution in [3.8, 4) is 11.1 Å². The Morgan fingerprint density at radius 3 is 2.67 bits per heavy atom. The van der Waals surface area contributed by atoms with E-state index in [0.717, 1.165) is 22.1 Å². The van der Waals surface area contributed by atoms with Crippen molar-refractivity contribution in [1.29, 1.82) is 0 Å². The third-order valence-corrected chi connectivity index (χ3v) is 4.96. The van der Waals surface area contributed by atoms with Crippen LogP contribution in [0, 0.1) is 6.92 Å². The Labute approximate surface area is 173 Å². The lowest BCUT2D eigenvalue weighted by molar-refractivity contribution is -0.111. The summed E-state index contributed by atoms with van der Waals surface area (Å²) >= 11 is 0. The number of carbonyl (C=O) groups excluding carboxylic acids is 2. The number of aromatic nitrogens is 2. The van der Waals surface area contributed by atoms with Gasteiger partial charge in [0.25, 0.3) is 5.91 Å². The molecule has 0 fully saturated rings. The molecular weight excluding hydrogens is 376 g/mol. The molecular formula is C24H20N4O2. The second-order valence-electron chi connectivity index (χ2n) is 6.85. The Bertz CT molecular complexity index is 1270. The molecule has 0 bridgehead atoms. The van der Waals surface area contributed by atoms with Gasteiger partial charge in [0.1, 0.15) is 0 Å². The van der Waals surface area contributed by atoms with Crippen molar-refractivity contribution < 1.29 is 9.59 Å². The predicted molar refractivity (Wildman–Crippen MR) is 119 cm³/mol. The van der Waals surface area contributed by atoms with E-state index in [0.29, 0.717) is 22.5 Å². The van der Waals surface area contributed by atoms with Crippen molar-refractivity contribution in [2.24, 2.45) is 5.73 Å². The average Bonchev–Trinajstić information content (AvgIpc) is 3.24. The average molecular weight is 396 g/mol. The molecule has 0 saturated heterocycles. The molecule has 2 amide bonds. The molecule has 0 atom stereocenters. The van der Waals surface area contributed by atoms with Crippen LogP contribution < -0.4 is 11.1 Å². The number of H-pyrrole nitrogens is 1. The first-order valence-electron chi connectivity index (χ1n) is 9.44. The highest BCUT2D eigenvalue weighted by Crippen LogP contribution is 2.34. The number of benzene rings is 2. The molecule has 30 heavy (non-hydrogen) atoms. The van der Waals surface area contributed by atoms with E-state index in [-0.39, 0.29) is 5.91 Å². The van der Waals surface area contributed by atoms with Crippen LogP contribution in [-0.4, -0.2) is 21.8 Å². The maximum absolute atomic E-state index is 12.4. The number of pyridine rings is 1. The SMILES string of the molecule is Cc1c(NC(=O)C=Cc2ccccn2)cccc1-c1ccc(C(N)=O)c2[nH]ccc12. The summed E-state index contributed by atoms with van der Waals surface area (Å²) in [5.74, 6) is -0.719. The highest BCUT2D eigenvalue weighted by atomic mass is 16.1. The van der Waals surface area contributed by atoms with Crippen molar-refractivity contribution in [3.05, 3.63) is 89.9 Å². The Morgan fingerprint density at radius 2 is 1.90 bits per heavy atom. The summed E-state index contributed by atoms with van der Waals surface area (Å²) in [5.41, 5.74) is 10.9. The van der Waals surface area contributed by atoms with Gasteiger partial charge in [-0.2, -0.15) is 0 Å². The molecule has 6 nitrogen and oxygen atoms in total. The van der Waals surface area contributed by atoms with Gasteiger partial charge in [0.2, 0.25) is 5.91 Å². The Balaban J connectivity index is 1.66. The highest BCUT2D eigenvalue weighted by molar-refractivity contribution is 6.10. The van der Waals surface area contributed by atoms with Crippen LogP contribution in [0.1, 0.15) is 21.6 Å². The molecule has 2 aromatic carbocycles. The van der Waals surface area contributed by atoms with E-state index in [9.17, 15) is 9.59 Å². The number of primary amides is 1. The van der Waals surface area contributed by atoms with E-state index >= 15 is 0 Å². The first kappa shape index (κ1) is 19.1. The zero-order chi connectivity index (χ0) is 21.1. The molecule has 0 spiro atoms. The van der Waals surface area contributed by atoms with Crippen molar-refractivity contribution in [1.82, 2.24) is 9.97 Å². The minimum atomic E-state index is -0.480. The summed E-state index contributed by atoms with van der Waals surface area (Å²) in [6.07, 6.45) is 6.58. The number of fused-ring (bicyclic) bond motifs is 1. The molecule has 0 unspecified atom stereocenters. The molecule has 4 N–H and O–H groups in total. The summed E-state index contributed by atoms with van der Waals surface area (Å²) in [6.45, 7) is 1.95. The zero-order valence-corrected chi connectivity index (χ0v) is 16.3. The van der Waals surface area contributed by atoms with Crippen molar-refractivity contribution >= 4 is 34.5 Å². The number of nitrogens with two attached hydrogens (primary N) is 1. The second kappa shape index (κ2) is 8.05. The van der Waals surface area contributed by atoms with Gasteiger partial charge in [0.15, 0.2) is 0 Å². The fourth-order valence-electron chi connectivity index (χ4n) is 3.47. The summed E-state index contributed by atoms with van der Waals surface area (Å²) in [6, 6.07) is 16.8. The third kappa shape index (κ3) is 3.71. The topological polar surface area (TPSA) is 101 Å². The fourth-order valence-corrected chi connectivity index (χ4v) is 3.47. The van der Waals surface area contributed by atoms with Crippen LogP contribution in [0.4, 0.5) is 5.69 Å². The van der Waals surface area contributed by atoms with Crippen LogP contribution in [0.2, 0.25) is 0 Å². The minimum Gasteiger partial charge on any atom is -0.366 e. The predicted octanol–water partition coefficient (Wildman–Crippen LogP) is 4.29. The summed E-state index contributed by atoms with van der Waals surface area (Å²) < 4.78 is 0. The number of hydrogen-bond acceptors (Lipinski definition) is 3. The van der Waals surface area contributed by atoms with Gasteiger partial charge in [-0.1, -0.05) is 24.3 Å². The maximum atomic E-state index is 12.4. The smallest absolute Gasteiger partial charge is 0.250 e. The number of amides is 2. The van der Waals surface area contributed by atoms with Gasteiger partial charge in [-0.3, -0.25) is 14.6 Å². The van der Waals surface area contributed by atoms with Crippen LogP contribution in [0.25, 0.3) is 28.1 Å². The molecule has 148 valence electrons. The molecule has 6 heteroatoms. The van der Waals surface area contributed by atoms with E-state index < -0.39 is 5.91 Å². The molecule has 2 aromatic heterocycles. The largest absolute Gasteiger partial charge is 0.366 e. The first-order valence-corrected chi connectivity index (χ1v) is 9.44. The quantitative estimate of drug-likeness (QED) is 0.439. The third-order valence-electron chi connectivity index (χ3n) is 4.96. The van der Waals surface area contributed by atoms with Crippen LogP contribution in [0.15, 0.2) is 73.1 Å². The normalized spacial score (nSPS) is 11.1. The summed E-state index contributed by atoms with van der Waals surface area (Å²) in [7, 11) is 0. The van der Waals surface area contributed by atoms with Crippen molar-refractivity contribution in [2.45, 2.75) is 6.92 Å². The molecule has 4 aromatic rings. The molecule has 0 saturated carbocycles. The molecule has 0 aliphatic carbocycles. The Morgan fingerprint density at radius 1 is 1.03 bits per heavy atom. The fraction of sp³-hybridized carbons (Fsp3) is 0.0417. The second-order valence-corrected chi connectivity index (χ2v) is 6.85. The number of aromatic amines is 1. The van der Waals surface area contributed by atoms with Crippen LogP contribution in [-0.2, 0) is 4.79 Å². The maximum Gasteiger partial charge on any atom is 0.250 e. The summed E-state index contributed by atoms with van der Waals surface area (Å²) in [5, 5.41) is 3.82. The minimum absolute atomic E-state index is 0.239. The molecule has 0 aliphatic heterocycles. The van der Waals surface area contributed by atoms with Gasteiger partial charge in [-0.25, -0.2) is 0 Å². The van der Waals surface area contributed by atoms with Crippen LogP contribution in [0.3, 0.4) is 0 Å². The van der Waals surface area contributed by atoms with Crippen LogP contribution in [0.5, 0.6) is 0 Å². The van der Waals surface area contributed by atoms with E-state index in [1.165, 1.54) is 6.08 Å². The number of hydrogen-bond donors (Lipinski definition) is 3. The number of carbonyl (C=O) groups is 2. The van der Waals surface area contributed by atoms with Gasteiger partial charge in [0, 0.05) is 29.5 Å². The van der Waals surface area contributed by atoms with Gasteiger partial charge >= 0.3 is 0 Å². The van der Waals surface area contributed by atoms with Crippen molar-refractivity contribution in [2.75, 3.05) is 5.32 Å². The monoisotopic (exact) mass is 396 g/mol. The lowest BCUT2D eigenvalue weighted by atomic mass is 9.94. The van der Waals surface area contributed by atoms with Gasteiger partial charge in [0.05, 0.1) is 16.8 Å². The zero-order valence-electron chi connectivity index (χ0n) is 16.3. The van der Waals surface area contributed by atoms with E-state index in [4.69, 9.17) is 5.73 Å². The number of nitrogens with one attached hydrogen (secondary N) is 2. The lowest BCUT2D eigenvalue weighted by Crippen LogP contribution is -2.11. The van der Waals surface area contributed by atoms with Gasteiger partial charge < -0.3 is 16.0 Å². The van der Waals surface area contributed by atoms with Gasteiger partial charge in [-0.05, 0) is 60.0 Å². The Kier molecular flexibility index (Phi) is 5.13. The molecule has 0 aliphatic rings. The van der Waals surface area contributed by atoms with Gasteiger partial charge in [-0.15, -0.1) is 0 Å². The van der Waals surface area contributed by atoms with Crippen LogP contribution >= 0.6 is 0 Å². The summed E-state index contributed by atoms with van der Waals surface area (Å²) in [4.78, 5) is 31.4. The first-order chi connectivity index (χ1) is 14.5. The number of nitrogens with zero attached hydrogens (tertiary/aromatic N) is 1. The molecule has 4 rings (SSSR count). The Hall–Kier alpha value is -4.19. The standard InChI is InChI=1S/C24H20N4O2/c1-15-17(18-9-10-20(24(25)30)23-19(18)12-14-27-23)6-4-7-21(15)28-22(29)11-8-16-5-2-3-13-26-16/h2-14,27H,1H3,(H2,25,30)(H,28,29). The van der Waals surface area contributed by atoms with E-state index in [2.05, 4.69) is 15.3 Å². The molecule has 2 heterocycles. The van der Waals surface area contributed by atoms with Crippen molar-refractivity contribution in [3.63, 3.8) is 0 Å². The van der Waals surface area contributed by atoms with E-state index in [1.807, 2.05) is 55.5 Å².